The first-order valence-corrected chi connectivity index (χ1v) is 9.96. The third-order valence-electron chi connectivity index (χ3n) is 5.62. The highest BCUT2D eigenvalue weighted by Gasteiger charge is 2.27. The van der Waals surface area contributed by atoms with E-state index < -0.39 is 0 Å². The maximum atomic E-state index is 12.1. The zero-order chi connectivity index (χ0) is 21.3. The number of amidine groups is 1. The summed E-state index contributed by atoms with van der Waals surface area (Å²) in [6.07, 6.45) is 6.54. The van der Waals surface area contributed by atoms with E-state index in [-0.39, 0.29) is 11.7 Å². The van der Waals surface area contributed by atoms with Crippen molar-refractivity contribution in [1.29, 1.82) is 5.41 Å². The minimum absolute atomic E-state index is 0.127. The Labute approximate surface area is 176 Å². The maximum absolute atomic E-state index is 12.1. The average molecular weight is 399 g/mol. The smallest absolute Gasteiger partial charge is 0.256 e. The van der Waals surface area contributed by atoms with Crippen LogP contribution in [0.3, 0.4) is 0 Å². The number of carbonyl (C=O) groups is 1. The zero-order valence-corrected chi connectivity index (χ0v) is 17.1. The Bertz CT molecular complexity index is 1140. The van der Waals surface area contributed by atoms with E-state index in [1.54, 1.807) is 19.1 Å². The molecule has 3 heterocycles. The molecular weight excluding hydrogens is 374 g/mol. The van der Waals surface area contributed by atoms with Gasteiger partial charge in [-0.1, -0.05) is 25.3 Å². The number of nitrogens with zero attached hydrogens (tertiary/aromatic N) is 3. The average Bonchev–Trinajstić information content (AvgIpc) is 3.38. The summed E-state index contributed by atoms with van der Waals surface area (Å²) in [6.45, 7) is 11.4. The number of hydrogen-bond acceptors (Lipinski definition) is 4. The van der Waals surface area contributed by atoms with Crippen LogP contribution in [0.5, 0.6) is 0 Å². The van der Waals surface area contributed by atoms with E-state index in [1.807, 2.05) is 30.7 Å². The third-order valence-corrected chi connectivity index (χ3v) is 5.62. The van der Waals surface area contributed by atoms with Gasteiger partial charge in [-0.2, -0.15) is 0 Å². The number of rotatable bonds is 5. The summed E-state index contributed by atoms with van der Waals surface area (Å²) in [6, 6.07) is 11.7. The van der Waals surface area contributed by atoms with Gasteiger partial charge in [-0.25, -0.2) is 4.98 Å². The molecule has 1 aromatic carbocycles. The molecule has 0 saturated carbocycles. The number of likely N-dealkylation sites (tertiary alicyclic amines) is 1. The molecule has 6 nitrogen and oxygen atoms in total. The van der Waals surface area contributed by atoms with Gasteiger partial charge in [-0.05, 0) is 54.8 Å². The summed E-state index contributed by atoms with van der Waals surface area (Å²) in [5.74, 6) is 0.264. The van der Waals surface area contributed by atoms with Crippen LogP contribution >= 0.6 is 0 Å². The number of fused-ring (bicyclic) bond motifs is 1. The molecule has 3 aromatic rings. The van der Waals surface area contributed by atoms with Crippen molar-refractivity contribution in [1.82, 2.24) is 19.6 Å². The Morgan fingerprint density at radius 2 is 2.07 bits per heavy atom. The van der Waals surface area contributed by atoms with Gasteiger partial charge in [0.05, 0.1) is 23.4 Å². The molecule has 30 heavy (non-hydrogen) atoms. The summed E-state index contributed by atoms with van der Waals surface area (Å²) in [5.41, 5.74) is 6.00. The third kappa shape index (κ3) is 3.64. The normalized spacial score (nSPS) is 15.9. The molecule has 2 N–H and O–H groups in total. The standard InChI is InChI=1S/C24H25N5O/c1-4-16(2)28-12-10-20(14-28)21-13-23(29-15-26-11-9-22(21)29)18-5-7-19(8-6-18)24(30)27-17(3)25/h4-9,11,13,15,20H,1-2,10,12,14H2,3H3,(H2,25,27,30). The van der Waals surface area contributed by atoms with Crippen molar-refractivity contribution in [3.05, 3.63) is 85.0 Å². The highest BCUT2D eigenvalue weighted by molar-refractivity contribution is 6.05. The van der Waals surface area contributed by atoms with Crippen LogP contribution in [0.25, 0.3) is 16.8 Å². The molecule has 1 amide bonds. The van der Waals surface area contributed by atoms with E-state index in [9.17, 15) is 4.79 Å². The Morgan fingerprint density at radius 3 is 2.77 bits per heavy atom. The van der Waals surface area contributed by atoms with Crippen LogP contribution in [-0.4, -0.2) is 39.1 Å². The first-order chi connectivity index (χ1) is 14.5. The van der Waals surface area contributed by atoms with E-state index in [1.165, 1.54) is 5.56 Å². The van der Waals surface area contributed by atoms with Gasteiger partial charge in [0.2, 0.25) is 0 Å². The summed E-state index contributed by atoms with van der Waals surface area (Å²) in [4.78, 5) is 18.7. The zero-order valence-electron chi connectivity index (χ0n) is 17.1. The number of benzene rings is 1. The van der Waals surface area contributed by atoms with Crippen molar-refractivity contribution in [3.63, 3.8) is 0 Å². The molecule has 1 unspecified atom stereocenters. The van der Waals surface area contributed by atoms with Crippen molar-refractivity contribution in [2.45, 2.75) is 19.3 Å². The molecule has 1 saturated heterocycles. The van der Waals surface area contributed by atoms with Gasteiger partial charge in [0, 0.05) is 36.5 Å². The van der Waals surface area contributed by atoms with Gasteiger partial charge in [0.1, 0.15) is 0 Å². The van der Waals surface area contributed by atoms with Gasteiger partial charge < -0.3 is 14.6 Å². The maximum Gasteiger partial charge on any atom is 0.256 e. The lowest BCUT2D eigenvalue weighted by Gasteiger charge is -2.18. The van der Waals surface area contributed by atoms with Crippen molar-refractivity contribution < 1.29 is 4.79 Å². The van der Waals surface area contributed by atoms with Crippen molar-refractivity contribution in [3.8, 4) is 11.3 Å². The van der Waals surface area contributed by atoms with Crippen LogP contribution in [0.4, 0.5) is 0 Å². The monoisotopic (exact) mass is 399 g/mol. The van der Waals surface area contributed by atoms with Crippen molar-refractivity contribution in [2.75, 3.05) is 13.1 Å². The van der Waals surface area contributed by atoms with Gasteiger partial charge in [-0.15, -0.1) is 0 Å². The van der Waals surface area contributed by atoms with E-state index in [4.69, 9.17) is 5.41 Å². The van der Waals surface area contributed by atoms with Crippen molar-refractivity contribution in [2.24, 2.45) is 0 Å². The van der Waals surface area contributed by atoms with E-state index in [0.717, 1.165) is 42.0 Å². The van der Waals surface area contributed by atoms with Gasteiger partial charge in [0.15, 0.2) is 0 Å². The van der Waals surface area contributed by atoms with Gasteiger partial charge >= 0.3 is 0 Å². The number of hydrogen-bond donors (Lipinski definition) is 2. The van der Waals surface area contributed by atoms with E-state index >= 15 is 0 Å². The quantitative estimate of drug-likeness (QED) is 0.383. The molecule has 1 atom stereocenters. The van der Waals surface area contributed by atoms with Crippen LogP contribution in [0.1, 0.15) is 35.2 Å². The molecule has 1 fully saturated rings. The fourth-order valence-electron chi connectivity index (χ4n) is 4.07. The van der Waals surface area contributed by atoms with Crippen LogP contribution in [0.15, 0.2) is 73.9 Å². The minimum Gasteiger partial charge on any atom is -0.371 e. The van der Waals surface area contributed by atoms with Crippen LogP contribution in [0.2, 0.25) is 0 Å². The molecule has 2 aromatic heterocycles. The van der Waals surface area contributed by atoms with E-state index in [2.05, 4.69) is 44.9 Å². The molecule has 152 valence electrons. The number of amides is 1. The van der Waals surface area contributed by atoms with Crippen LogP contribution < -0.4 is 5.32 Å². The lowest BCUT2D eigenvalue weighted by atomic mass is 9.98. The fraction of sp³-hybridized carbons (Fsp3) is 0.208. The minimum atomic E-state index is -0.273. The molecule has 1 aliphatic heterocycles. The first kappa shape index (κ1) is 19.6. The summed E-state index contributed by atoms with van der Waals surface area (Å²) in [5, 5.41) is 9.94. The Hall–Kier alpha value is -3.67. The van der Waals surface area contributed by atoms with Crippen molar-refractivity contribution >= 4 is 17.3 Å². The Kier molecular flexibility index (Phi) is 5.23. The lowest BCUT2D eigenvalue weighted by Crippen LogP contribution is -2.27. The molecule has 0 spiro atoms. The SMILES string of the molecule is C=CC(=C)N1CCC(c2cc(-c3ccc(C(=O)NC(C)=N)cc3)n3cnccc23)C1. The lowest BCUT2D eigenvalue weighted by molar-refractivity contribution is 0.0976. The molecule has 0 aliphatic carbocycles. The molecular formula is C24H25N5O. The predicted molar refractivity (Wildman–Crippen MR) is 120 cm³/mol. The number of allylic oxidation sites excluding steroid dienone is 1. The largest absolute Gasteiger partial charge is 0.371 e. The van der Waals surface area contributed by atoms with Crippen LogP contribution in [0, 0.1) is 5.41 Å². The summed E-state index contributed by atoms with van der Waals surface area (Å²) < 4.78 is 2.11. The summed E-state index contributed by atoms with van der Waals surface area (Å²) >= 11 is 0. The topological polar surface area (TPSA) is 73.5 Å². The van der Waals surface area contributed by atoms with Gasteiger partial charge in [-0.3, -0.25) is 10.2 Å². The first-order valence-electron chi connectivity index (χ1n) is 9.96. The molecule has 4 rings (SSSR count). The highest BCUT2D eigenvalue weighted by Crippen LogP contribution is 2.36. The second kappa shape index (κ2) is 7.99. The molecule has 1 aliphatic rings. The number of nitrogens with one attached hydrogen (secondary N) is 2. The Morgan fingerprint density at radius 1 is 1.30 bits per heavy atom. The van der Waals surface area contributed by atoms with Gasteiger partial charge in [0.25, 0.3) is 5.91 Å². The second-order valence-corrected chi connectivity index (χ2v) is 7.60. The predicted octanol–water partition coefficient (Wildman–Crippen LogP) is 4.22. The van der Waals surface area contributed by atoms with Crippen LogP contribution in [-0.2, 0) is 0 Å². The number of aromatic nitrogens is 2. The van der Waals surface area contributed by atoms with E-state index in [0.29, 0.717) is 11.5 Å². The number of carbonyl (C=O) groups excluding carboxylic acids is 1. The summed E-state index contributed by atoms with van der Waals surface area (Å²) in [7, 11) is 0. The molecule has 6 heteroatoms. The Balaban J connectivity index is 1.68. The second-order valence-electron chi connectivity index (χ2n) is 7.60. The fourth-order valence-corrected chi connectivity index (χ4v) is 4.07. The molecule has 0 bridgehead atoms. The molecule has 0 radical (unpaired) electrons. The highest BCUT2D eigenvalue weighted by atomic mass is 16.1.